The van der Waals surface area contributed by atoms with Gasteiger partial charge in [0.15, 0.2) is 11.5 Å². The van der Waals surface area contributed by atoms with Gasteiger partial charge >= 0.3 is 6.03 Å². The van der Waals surface area contributed by atoms with E-state index in [0.717, 1.165) is 17.5 Å². The standard InChI is InChI=1S/C24H33N3O4/c1-5-15-31-21-12-11-20(16-22(21)30-4)18(2)26-23(28)13-14-25-24(29)27(3)17-19-9-7-6-8-10-19/h6-12,16,18H,5,13-15,17H2,1-4H3,(H,25,29)(H,26,28). The molecule has 0 aliphatic carbocycles. The maximum atomic E-state index is 12.3. The van der Waals surface area contributed by atoms with E-state index in [2.05, 4.69) is 10.6 Å². The molecule has 1 atom stereocenters. The van der Waals surface area contributed by atoms with E-state index in [9.17, 15) is 9.59 Å². The molecule has 0 aliphatic rings. The predicted octanol–water partition coefficient (Wildman–Crippen LogP) is 3.89. The lowest BCUT2D eigenvalue weighted by molar-refractivity contribution is -0.121. The Kier molecular flexibility index (Phi) is 9.68. The van der Waals surface area contributed by atoms with Gasteiger partial charge in [-0.3, -0.25) is 4.79 Å². The lowest BCUT2D eigenvalue weighted by Crippen LogP contribution is -2.39. The number of hydrogen-bond acceptors (Lipinski definition) is 4. The number of ether oxygens (including phenoxy) is 2. The van der Waals surface area contributed by atoms with Crippen molar-refractivity contribution in [3.8, 4) is 11.5 Å². The smallest absolute Gasteiger partial charge is 0.317 e. The second-order valence-electron chi connectivity index (χ2n) is 7.37. The van der Waals surface area contributed by atoms with Crippen molar-refractivity contribution >= 4 is 11.9 Å². The fourth-order valence-corrected chi connectivity index (χ4v) is 3.03. The Labute approximate surface area is 184 Å². The van der Waals surface area contributed by atoms with Crippen molar-refractivity contribution in [3.63, 3.8) is 0 Å². The molecule has 2 N–H and O–H groups in total. The maximum absolute atomic E-state index is 12.3. The number of hydrogen-bond donors (Lipinski definition) is 2. The van der Waals surface area contributed by atoms with E-state index < -0.39 is 0 Å². The molecule has 1 unspecified atom stereocenters. The molecule has 2 aromatic carbocycles. The van der Waals surface area contributed by atoms with Gasteiger partial charge in [0.1, 0.15) is 0 Å². The average molecular weight is 428 g/mol. The van der Waals surface area contributed by atoms with Gasteiger partial charge in [0.25, 0.3) is 0 Å². The highest BCUT2D eigenvalue weighted by Crippen LogP contribution is 2.30. The highest BCUT2D eigenvalue weighted by molar-refractivity contribution is 5.78. The van der Waals surface area contributed by atoms with Crippen LogP contribution in [0.2, 0.25) is 0 Å². The molecule has 0 spiro atoms. The number of benzene rings is 2. The molecule has 2 rings (SSSR count). The van der Waals surface area contributed by atoms with E-state index in [1.54, 1.807) is 19.1 Å². The van der Waals surface area contributed by atoms with E-state index in [1.165, 1.54) is 0 Å². The summed E-state index contributed by atoms with van der Waals surface area (Å²) in [5.41, 5.74) is 1.97. The number of urea groups is 1. The van der Waals surface area contributed by atoms with E-state index in [0.29, 0.717) is 24.7 Å². The minimum atomic E-state index is -0.211. The number of rotatable bonds is 11. The van der Waals surface area contributed by atoms with E-state index in [1.807, 2.05) is 62.4 Å². The maximum Gasteiger partial charge on any atom is 0.317 e. The van der Waals surface area contributed by atoms with Crippen LogP contribution in [0.4, 0.5) is 4.79 Å². The first-order chi connectivity index (χ1) is 14.9. The molecule has 0 aromatic heterocycles. The summed E-state index contributed by atoms with van der Waals surface area (Å²) < 4.78 is 11.1. The van der Waals surface area contributed by atoms with Crippen LogP contribution < -0.4 is 20.1 Å². The number of carbonyl (C=O) groups excluding carboxylic acids is 2. The second-order valence-corrected chi connectivity index (χ2v) is 7.37. The molecule has 168 valence electrons. The van der Waals surface area contributed by atoms with Crippen molar-refractivity contribution in [3.05, 3.63) is 59.7 Å². The van der Waals surface area contributed by atoms with Gasteiger partial charge in [-0.05, 0) is 36.6 Å². The molecular weight excluding hydrogens is 394 g/mol. The lowest BCUT2D eigenvalue weighted by atomic mass is 10.1. The summed E-state index contributed by atoms with van der Waals surface area (Å²) in [6.07, 6.45) is 1.11. The molecule has 0 saturated carbocycles. The van der Waals surface area contributed by atoms with Gasteiger partial charge in [0.2, 0.25) is 5.91 Å². The fraction of sp³-hybridized carbons (Fsp3) is 0.417. The predicted molar refractivity (Wildman–Crippen MR) is 121 cm³/mol. The molecule has 0 radical (unpaired) electrons. The molecule has 2 aromatic rings. The van der Waals surface area contributed by atoms with Crippen LogP contribution in [0.15, 0.2) is 48.5 Å². The molecule has 31 heavy (non-hydrogen) atoms. The third-order valence-electron chi connectivity index (χ3n) is 4.76. The first-order valence-corrected chi connectivity index (χ1v) is 10.6. The highest BCUT2D eigenvalue weighted by Gasteiger charge is 2.14. The lowest BCUT2D eigenvalue weighted by Gasteiger charge is -2.19. The van der Waals surface area contributed by atoms with Crippen molar-refractivity contribution in [2.45, 2.75) is 39.3 Å². The summed E-state index contributed by atoms with van der Waals surface area (Å²) in [5.74, 6) is 1.19. The summed E-state index contributed by atoms with van der Waals surface area (Å²) >= 11 is 0. The largest absolute Gasteiger partial charge is 0.493 e. The van der Waals surface area contributed by atoms with Crippen LogP contribution in [0.1, 0.15) is 43.9 Å². The molecular formula is C24H33N3O4. The Morgan fingerprint density at radius 1 is 1.10 bits per heavy atom. The Hall–Kier alpha value is -3.22. The molecule has 0 fully saturated rings. The number of nitrogens with zero attached hydrogens (tertiary/aromatic N) is 1. The summed E-state index contributed by atoms with van der Waals surface area (Å²) in [4.78, 5) is 26.1. The van der Waals surface area contributed by atoms with Gasteiger partial charge in [0, 0.05) is 26.6 Å². The topological polar surface area (TPSA) is 79.9 Å². The minimum absolute atomic E-state index is 0.135. The van der Waals surface area contributed by atoms with Gasteiger partial charge < -0.3 is 25.0 Å². The quantitative estimate of drug-likeness (QED) is 0.570. The Morgan fingerprint density at radius 3 is 2.52 bits per heavy atom. The molecule has 0 bridgehead atoms. The fourth-order valence-electron chi connectivity index (χ4n) is 3.03. The SMILES string of the molecule is CCCOc1ccc(C(C)NC(=O)CCNC(=O)N(C)Cc2ccccc2)cc1OC. The van der Waals surface area contributed by atoms with E-state index in [4.69, 9.17) is 9.47 Å². The van der Waals surface area contributed by atoms with Gasteiger partial charge in [-0.1, -0.05) is 43.3 Å². The number of amides is 3. The number of carbonyl (C=O) groups is 2. The van der Waals surface area contributed by atoms with Crippen LogP contribution in [0.5, 0.6) is 11.5 Å². The van der Waals surface area contributed by atoms with E-state index in [-0.39, 0.29) is 30.9 Å². The zero-order chi connectivity index (χ0) is 22.6. The van der Waals surface area contributed by atoms with Crippen molar-refractivity contribution < 1.29 is 19.1 Å². The van der Waals surface area contributed by atoms with Crippen molar-refractivity contribution in [1.29, 1.82) is 0 Å². The number of methoxy groups -OCH3 is 1. The first kappa shape index (κ1) is 24.1. The van der Waals surface area contributed by atoms with Gasteiger partial charge in [-0.2, -0.15) is 0 Å². The highest BCUT2D eigenvalue weighted by atomic mass is 16.5. The first-order valence-electron chi connectivity index (χ1n) is 10.6. The van der Waals surface area contributed by atoms with Gasteiger partial charge in [0.05, 0.1) is 19.8 Å². The van der Waals surface area contributed by atoms with Crippen molar-refractivity contribution in [2.24, 2.45) is 0 Å². The van der Waals surface area contributed by atoms with E-state index >= 15 is 0 Å². The summed E-state index contributed by atoms with van der Waals surface area (Å²) in [5, 5.41) is 5.73. The molecule has 0 heterocycles. The Bertz CT molecular complexity index is 842. The monoisotopic (exact) mass is 427 g/mol. The molecule has 7 heteroatoms. The normalized spacial score (nSPS) is 11.4. The van der Waals surface area contributed by atoms with Gasteiger partial charge in [-0.25, -0.2) is 4.79 Å². The zero-order valence-corrected chi connectivity index (χ0v) is 18.8. The molecule has 0 saturated heterocycles. The Morgan fingerprint density at radius 2 is 1.84 bits per heavy atom. The molecule has 3 amide bonds. The molecule has 0 aliphatic heterocycles. The minimum Gasteiger partial charge on any atom is -0.493 e. The molecule has 7 nitrogen and oxygen atoms in total. The Balaban J connectivity index is 1.78. The van der Waals surface area contributed by atoms with Crippen molar-refractivity contribution in [1.82, 2.24) is 15.5 Å². The van der Waals surface area contributed by atoms with Crippen LogP contribution in [-0.4, -0.2) is 44.1 Å². The van der Waals surface area contributed by atoms with Gasteiger partial charge in [-0.15, -0.1) is 0 Å². The summed E-state index contributed by atoms with van der Waals surface area (Å²) in [7, 11) is 3.32. The van der Waals surface area contributed by atoms with Crippen LogP contribution in [-0.2, 0) is 11.3 Å². The number of nitrogens with one attached hydrogen (secondary N) is 2. The van der Waals surface area contributed by atoms with Crippen molar-refractivity contribution in [2.75, 3.05) is 27.3 Å². The average Bonchev–Trinajstić information content (AvgIpc) is 2.78. The second kappa shape index (κ2) is 12.5. The third-order valence-corrected chi connectivity index (χ3v) is 4.76. The summed E-state index contributed by atoms with van der Waals surface area (Å²) in [6.45, 7) is 5.35. The summed E-state index contributed by atoms with van der Waals surface area (Å²) in [6, 6.07) is 15.0. The van der Waals surface area contributed by atoms with Crippen LogP contribution in [0.25, 0.3) is 0 Å². The van der Waals surface area contributed by atoms with Crippen LogP contribution >= 0.6 is 0 Å². The zero-order valence-electron chi connectivity index (χ0n) is 18.8. The third kappa shape index (κ3) is 7.85. The van der Waals surface area contributed by atoms with Crippen LogP contribution in [0.3, 0.4) is 0 Å². The van der Waals surface area contributed by atoms with Crippen LogP contribution in [0, 0.1) is 0 Å².